The highest BCUT2D eigenvalue weighted by atomic mass is 32.2. The molecule has 0 aromatic heterocycles. The molecule has 0 bridgehead atoms. The summed E-state index contributed by atoms with van der Waals surface area (Å²) in [5, 5.41) is 0. The normalized spacial score (nSPS) is 15.1. The smallest absolute Gasteiger partial charge is 0.246 e. The van der Waals surface area contributed by atoms with Gasteiger partial charge in [0, 0.05) is 13.1 Å². The molecule has 3 rings (SSSR count). The van der Waals surface area contributed by atoms with E-state index in [4.69, 9.17) is 0 Å². The molecule has 0 N–H and O–H groups in total. The molecule has 5 nitrogen and oxygen atoms in total. The highest BCUT2D eigenvalue weighted by Crippen LogP contribution is 2.29. The third-order valence-electron chi connectivity index (χ3n) is 5.36. The van der Waals surface area contributed by atoms with Crippen LogP contribution in [-0.4, -0.2) is 38.1 Å². The fraction of sp³-hybridized carbons (Fsp3) is 0.409. The number of hydrogen-bond donors (Lipinski definition) is 0. The number of aryl methyl sites for hydroxylation is 2. The molecule has 1 atom stereocenters. The van der Waals surface area contributed by atoms with Crippen LogP contribution < -0.4 is 4.31 Å². The maximum atomic E-state index is 13.4. The molecule has 0 aliphatic carbocycles. The molecule has 0 unspecified atom stereocenters. The van der Waals surface area contributed by atoms with Crippen LogP contribution in [0.1, 0.15) is 35.6 Å². The first-order valence-corrected chi connectivity index (χ1v) is 11.5. The molecule has 6 heteroatoms. The molecule has 2 aromatic rings. The molecule has 150 valence electrons. The van der Waals surface area contributed by atoms with Gasteiger partial charge in [0.1, 0.15) is 6.04 Å². The van der Waals surface area contributed by atoms with Crippen LogP contribution in [-0.2, 0) is 27.8 Å². The Labute approximate surface area is 168 Å². The lowest BCUT2D eigenvalue weighted by Gasteiger charge is -2.37. The van der Waals surface area contributed by atoms with Gasteiger partial charge < -0.3 is 4.90 Å². The third kappa shape index (κ3) is 4.07. The van der Waals surface area contributed by atoms with E-state index in [1.807, 2.05) is 57.2 Å². The number of fused-ring (bicyclic) bond motifs is 1. The van der Waals surface area contributed by atoms with Crippen molar-refractivity contribution in [2.45, 2.75) is 46.2 Å². The SMILES string of the molecule is CC[C@@H](C(=O)N1CCc2ccccc2C1)N(c1cc(C)ccc1C)S(C)(=O)=O. The van der Waals surface area contributed by atoms with Crippen molar-refractivity contribution in [3.05, 3.63) is 64.7 Å². The van der Waals surface area contributed by atoms with E-state index < -0.39 is 16.1 Å². The van der Waals surface area contributed by atoms with Crippen molar-refractivity contribution >= 4 is 21.6 Å². The van der Waals surface area contributed by atoms with Crippen LogP contribution in [0.5, 0.6) is 0 Å². The van der Waals surface area contributed by atoms with E-state index in [0.717, 1.165) is 23.1 Å². The fourth-order valence-electron chi connectivity index (χ4n) is 3.87. The predicted octanol–water partition coefficient (Wildman–Crippen LogP) is 3.43. The molecule has 2 aromatic carbocycles. The molecular formula is C22H28N2O3S. The number of carbonyl (C=O) groups is 1. The van der Waals surface area contributed by atoms with Gasteiger partial charge in [-0.2, -0.15) is 0 Å². The Morgan fingerprint density at radius 3 is 2.46 bits per heavy atom. The molecule has 1 aliphatic heterocycles. The van der Waals surface area contributed by atoms with Crippen molar-refractivity contribution < 1.29 is 13.2 Å². The Hall–Kier alpha value is -2.34. The molecular weight excluding hydrogens is 372 g/mol. The summed E-state index contributed by atoms with van der Waals surface area (Å²) in [6.07, 6.45) is 2.38. The van der Waals surface area contributed by atoms with Gasteiger partial charge in [0.15, 0.2) is 0 Å². The molecule has 0 saturated heterocycles. The second-order valence-electron chi connectivity index (χ2n) is 7.55. The summed E-state index contributed by atoms with van der Waals surface area (Å²) in [5.74, 6) is -0.136. The minimum Gasteiger partial charge on any atom is -0.336 e. The van der Waals surface area contributed by atoms with Gasteiger partial charge in [-0.15, -0.1) is 0 Å². The number of rotatable bonds is 5. The van der Waals surface area contributed by atoms with E-state index in [0.29, 0.717) is 25.2 Å². The third-order valence-corrected chi connectivity index (χ3v) is 6.52. The van der Waals surface area contributed by atoms with Crippen LogP contribution >= 0.6 is 0 Å². The Morgan fingerprint density at radius 1 is 1.14 bits per heavy atom. The second-order valence-corrected chi connectivity index (χ2v) is 9.41. The molecule has 28 heavy (non-hydrogen) atoms. The highest BCUT2D eigenvalue weighted by Gasteiger charge is 2.35. The number of benzene rings is 2. The molecule has 0 saturated carbocycles. The van der Waals surface area contributed by atoms with Gasteiger partial charge in [-0.25, -0.2) is 8.42 Å². The summed E-state index contributed by atoms with van der Waals surface area (Å²) in [6.45, 7) is 6.80. The predicted molar refractivity (Wildman–Crippen MR) is 113 cm³/mol. The number of carbonyl (C=O) groups excluding carboxylic acids is 1. The van der Waals surface area contributed by atoms with Crippen molar-refractivity contribution in [2.24, 2.45) is 0 Å². The molecule has 0 fully saturated rings. The van der Waals surface area contributed by atoms with Gasteiger partial charge in [0.05, 0.1) is 11.9 Å². The first-order valence-electron chi connectivity index (χ1n) is 9.64. The Bertz CT molecular complexity index is 985. The van der Waals surface area contributed by atoms with Crippen molar-refractivity contribution in [1.29, 1.82) is 0 Å². The zero-order chi connectivity index (χ0) is 20.5. The van der Waals surface area contributed by atoms with E-state index in [1.54, 1.807) is 4.90 Å². The van der Waals surface area contributed by atoms with Crippen LogP contribution in [0, 0.1) is 13.8 Å². The molecule has 1 amide bonds. The Kier molecular flexibility index (Phi) is 5.79. The first kappa shape index (κ1) is 20.4. The van der Waals surface area contributed by atoms with Crippen LogP contribution in [0.15, 0.2) is 42.5 Å². The molecule has 0 spiro atoms. The van der Waals surface area contributed by atoms with E-state index in [9.17, 15) is 13.2 Å². The van der Waals surface area contributed by atoms with Gasteiger partial charge in [-0.1, -0.05) is 43.3 Å². The van der Waals surface area contributed by atoms with E-state index in [1.165, 1.54) is 16.1 Å². The van der Waals surface area contributed by atoms with Gasteiger partial charge in [-0.3, -0.25) is 9.10 Å². The average molecular weight is 401 g/mol. The number of hydrogen-bond acceptors (Lipinski definition) is 3. The number of sulfonamides is 1. The minimum absolute atomic E-state index is 0.136. The second kappa shape index (κ2) is 7.95. The summed E-state index contributed by atoms with van der Waals surface area (Å²) in [4.78, 5) is 15.2. The average Bonchev–Trinajstić information content (AvgIpc) is 2.66. The minimum atomic E-state index is -3.63. The van der Waals surface area contributed by atoms with Crippen LogP contribution in [0.4, 0.5) is 5.69 Å². The number of amides is 1. The maximum Gasteiger partial charge on any atom is 0.246 e. The van der Waals surface area contributed by atoms with Crippen molar-refractivity contribution in [3.8, 4) is 0 Å². The standard InChI is InChI=1S/C22H28N2O3S/c1-5-20(22(25)23-13-12-18-8-6-7-9-19(18)15-23)24(28(4,26)27)21-14-16(2)10-11-17(21)3/h6-11,14,20H,5,12-13,15H2,1-4H3/t20-/m0/s1. The Morgan fingerprint density at radius 2 is 1.82 bits per heavy atom. The van der Waals surface area contributed by atoms with E-state index in [-0.39, 0.29) is 5.91 Å². The van der Waals surface area contributed by atoms with Crippen molar-refractivity contribution in [1.82, 2.24) is 4.90 Å². The van der Waals surface area contributed by atoms with Gasteiger partial charge >= 0.3 is 0 Å². The van der Waals surface area contributed by atoms with Crippen LogP contribution in [0.2, 0.25) is 0 Å². The lowest BCUT2D eigenvalue weighted by Crippen LogP contribution is -2.52. The quantitative estimate of drug-likeness (QED) is 0.773. The van der Waals surface area contributed by atoms with Crippen molar-refractivity contribution in [2.75, 3.05) is 17.1 Å². The summed E-state index contributed by atoms with van der Waals surface area (Å²) in [5.41, 5.74) is 4.78. The van der Waals surface area contributed by atoms with Gasteiger partial charge in [-0.05, 0) is 55.0 Å². The fourth-order valence-corrected chi connectivity index (χ4v) is 5.13. The van der Waals surface area contributed by atoms with Gasteiger partial charge in [0.2, 0.25) is 15.9 Å². The molecule has 0 radical (unpaired) electrons. The van der Waals surface area contributed by atoms with Crippen molar-refractivity contribution in [3.63, 3.8) is 0 Å². The van der Waals surface area contributed by atoms with E-state index in [2.05, 4.69) is 6.07 Å². The van der Waals surface area contributed by atoms with Crippen LogP contribution in [0.25, 0.3) is 0 Å². The number of anilines is 1. The van der Waals surface area contributed by atoms with Crippen LogP contribution in [0.3, 0.4) is 0 Å². The summed E-state index contributed by atoms with van der Waals surface area (Å²) >= 11 is 0. The summed E-state index contributed by atoms with van der Waals surface area (Å²) in [7, 11) is -3.63. The molecule has 1 aliphatic rings. The van der Waals surface area contributed by atoms with E-state index >= 15 is 0 Å². The topological polar surface area (TPSA) is 57.7 Å². The lowest BCUT2D eigenvalue weighted by molar-refractivity contribution is -0.133. The zero-order valence-corrected chi connectivity index (χ0v) is 17.8. The number of nitrogens with zero attached hydrogens (tertiary/aromatic N) is 2. The summed E-state index contributed by atoms with van der Waals surface area (Å²) in [6, 6.07) is 13.1. The lowest BCUT2D eigenvalue weighted by atomic mass is 9.99. The van der Waals surface area contributed by atoms with Gasteiger partial charge in [0.25, 0.3) is 0 Å². The highest BCUT2D eigenvalue weighted by molar-refractivity contribution is 7.92. The monoisotopic (exact) mass is 400 g/mol. The molecule has 1 heterocycles. The maximum absolute atomic E-state index is 13.4. The summed E-state index contributed by atoms with van der Waals surface area (Å²) < 4.78 is 26.8. The largest absolute Gasteiger partial charge is 0.336 e. The zero-order valence-electron chi connectivity index (χ0n) is 17.0. The Balaban J connectivity index is 1.97. The first-order chi connectivity index (χ1) is 13.2.